The van der Waals surface area contributed by atoms with Gasteiger partial charge in [-0.2, -0.15) is 0 Å². The molecule has 0 saturated carbocycles. The van der Waals surface area contributed by atoms with E-state index in [1.54, 1.807) is 0 Å². The fourth-order valence-electron chi connectivity index (χ4n) is 1.67. The zero-order valence-corrected chi connectivity index (χ0v) is 7.71. The van der Waals surface area contributed by atoms with E-state index in [0.29, 0.717) is 19.1 Å². The molecule has 1 rings (SSSR count). The number of ether oxygens (including phenoxy) is 2. The molecule has 0 spiro atoms. The van der Waals surface area contributed by atoms with Crippen molar-refractivity contribution < 1.29 is 14.3 Å². The second-order valence-electron chi connectivity index (χ2n) is 3.22. The molecule has 0 aliphatic carbocycles. The van der Waals surface area contributed by atoms with E-state index < -0.39 is 0 Å². The van der Waals surface area contributed by atoms with E-state index in [-0.39, 0.29) is 11.9 Å². The van der Waals surface area contributed by atoms with E-state index in [2.05, 4.69) is 6.92 Å². The molecule has 2 unspecified atom stereocenters. The molecule has 3 nitrogen and oxygen atoms in total. The molecule has 2 atom stereocenters. The molecule has 1 saturated heterocycles. The predicted octanol–water partition coefficient (Wildman–Crippen LogP) is 1.22. The smallest absolute Gasteiger partial charge is 0.311 e. The molecule has 0 aromatic heterocycles. The number of carbonyl (C=O) groups excluding carboxylic acids is 1. The zero-order chi connectivity index (χ0) is 8.97. The predicted molar refractivity (Wildman–Crippen MR) is 44.7 cm³/mol. The summed E-state index contributed by atoms with van der Waals surface area (Å²) in [6, 6.07) is 0. The maximum Gasteiger partial charge on any atom is 0.311 e. The van der Waals surface area contributed by atoms with Crippen LogP contribution in [0.5, 0.6) is 0 Å². The van der Waals surface area contributed by atoms with Gasteiger partial charge in [-0.05, 0) is 12.3 Å². The third kappa shape index (κ3) is 1.97. The summed E-state index contributed by atoms with van der Waals surface area (Å²) >= 11 is 0. The first-order chi connectivity index (χ1) is 5.79. The van der Waals surface area contributed by atoms with Gasteiger partial charge in [0.2, 0.25) is 0 Å². The molecule has 1 aliphatic rings. The van der Waals surface area contributed by atoms with Crippen molar-refractivity contribution in [2.24, 2.45) is 11.8 Å². The summed E-state index contributed by atoms with van der Waals surface area (Å²) in [5.74, 6) is 0.239. The monoisotopic (exact) mass is 172 g/mol. The molecule has 1 aliphatic heterocycles. The molecule has 12 heavy (non-hydrogen) atoms. The van der Waals surface area contributed by atoms with E-state index >= 15 is 0 Å². The fraction of sp³-hybridized carbons (Fsp3) is 0.889. The third-order valence-corrected chi connectivity index (χ3v) is 2.36. The summed E-state index contributed by atoms with van der Waals surface area (Å²) in [6.07, 6.45) is 2.15. The molecular weight excluding hydrogens is 156 g/mol. The first-order valence-electron chi connectivity index (χ1n) is 4.45. The Balaban J connectivity index is 2.45. The summed E-state index contributed by atoms with van der Waals surface area (Å²) in [5.41, 5.74) is 0. The van der Waals surface area contributed by atoms with Gasteiger partial charge >= 0.3 is 5.97 Å². The van der Waals surface area contributed by atoms with Crippen molar-refractivity contribution in [2.75, 3.05) is 20.3 Å². The minimum atomic E-state index is -0.119. The molecule has 0 N–H and O–H groups in total. The standard InChI is InChI=1S/C9H16O3/c1-3-4-7-5-12-6-8(7)9(10)11-2/h7-8H,3-6H2,1-2H3. The average molecular weight is 172 g/mol. The number of methoxy groups -OCH3 is 1. The summed E-state index contributed by atoms with van der Waals surface area (Å²) in [6.45, 7) is 3.37. The van der Waals surface area contributed by atoms with Crippen molar-refractivity contribution in [1.82, 2.24) is 0 Å². The Bertz CT molecular complexity index is 156. The molecule has 0 amide bonds. The SMILES string of the molecule is CCCC1COCC1C(=O)OC. The fourth-order valence-corrected chi connectivity index (χ4v) is 1.67. The van der Waals surface area contributed by atoms with Crippen LogP contribution in [0.2, 0.25) is 0 Å². The highest BCUT2D eigenvalue weighted by molar-refractivity contribution is 5.73. The number of carbonyl (C=O) groups is 1. The average Bonchev–Trinajstić information content (AvgIpc) is 2.52. The highest BCUT2D eigenvalue weighted by Crippen LogP contribution is 2.25. The van der Waals surface area contributed by atoms with Crippen LogP contribution in [0, 0.1) is 11.8 Å². The van der Waals surface area contributed by atoms with E-state index in [0.717, 1.165) is 12.8 Å². The summed E-state index contributed by atoms with van der Waals surface area (Å²) in [5, 5.41) is 0. The maximum absolute atomic E-state index is 11.2. The van der Waals surface area contributed by atoms with Gasteiger partial charge in [0, 0.05) is 0 Å². The van der Waals surface area contributed by atoms with Crippen LogP contribution in [-0.4, -0.2) is 26.3 Å². The lowest BCUT2D eigenvalue weighted by Gasteiger charge is -2.13. The number of rotatable bonds is 3. The molecule has 0 bridgehead atoms. The minimum Gasteiger partial charge on any atom is -0.469 e. The van der Waals surface area contributed by atoms with Crippen molar-refractivity contribution in [3.05, 3.63) is 0 Å². The molecule has 0 radical (unpaired) electrons. The number of esters is 1. The van der Waals surface area contributed by atoms with Gasteiger partial charge in [-0.3, -0.25) is 4.79 Å². The van der Waals surface area contributed by atoms with Gasteiger partial charge in [0.05, 0.1) is 26.2 Å². The lowest BCUT2D eigenvalue weighted by Crippen LogP contribution is -2.23. The third-order valence-electron chi connectivity index (χ3n) is 2.36. The molecular formula is C9H16O3. The van der Waals surface area contributed by atoms with Crippen LogP contribution in [0.1, 0.15) is 19.8 Å². The molecule has 0 aromatic carbocycles. The van der Waals surface area contributed by atoms with Gasteiger partial charge < -0.3 is 9.47 Å². The van der Waals surface area contributed by atoms with Crippen LogP contribution in [0.4, 0.5) is 0 Å². The molecule has 1 heterocycles. The van der Waals surface area contributed by atoms with Gasteiger partial charge in [-0.15, -0.1) is 0 Å². The van der Waals surface area contributed by atoms with Crippen LogP contribution in [0.3, 0.4) is 0 Å². The van der Waals surface area contributed by atoms with Gasteiger partial charge in [0.25, 0.3) is 0 Å². The second kappa shape index (κ2) is 4.45. The van der Waals surface area contributed by atoms with E-state index in [1.165, 1.54) is 7.11 Å². The minimum absolute atomic E-state index is 0.0186. The molecule has 70 valence electrons. The Labute approximate surface area is 73.0 Å². The largest absolute Gasteiger partial charge is 0.469 e. The first kappa shape index (κ1) is 9.52. The number of hydrogen-bond acceptors (Lipinski definition) is 3. The van der Waals surface area contributed by atoms with Crippen LogP contribution >= 0.6 is 0 Å². The molecule has 0 aromatic rings. The lowest BCUT2D eigenvalue weighted by molar-refractivity contribution is -0.146. The van der Waals surface area contributed by atoms with Gasteiger partial charge in [0.15, 0.2) is 0 Å². The van der Waals surface area contributed by atoms with Gasteiger partial charge in [0.1, 0.15) is 0 Å². The lowest BCUT2D eigenvalue weighted by atomic mass is 9.92. The van der Waals surface area contributed by atoms with Crippen LogP contribution in [-0.2, 0) is 14.3 Å². The number of hydrogen-bond donors (Lipinski definition) is 0. The molecule has 1 fully saturated rings. The highest BCUT2D eigenvalue weighted by atomic mass is 16.5. The zero-order valence-electron chi connectivity index (χ0n) is 7.71. The Morgan fingerprint density at radius 3 is 2.92 bits per heavy atom. The Kier molecular flexibility index (Phi) is 3.53. The van der Waals surface area contributed by atoms with Crippen molar-refractivity contribution >= 4 is 5.97 Å². The van der Waals surface area contributed by atoms with E-state index in [4.69, 9.17) is 9.47 Å². The highest BCUT2D eigenvalue weighted by Gasteiger charge is 2.33. The first-order valence-corrected chi connectivity index (χ1v) is 4.45. The van der Waals surface area contributed by atoms with Gasteiger partial charge in [-0.1, -0.05) is 13.3 Å². The van der Waals surface area contributed by atoms with Crippen LogP contribution in [0.15, 0.2) is 0 Å². The van der Waals surface area contributed by atoms with Crippen molar-refractivity contribution in [2.45, 2.75) is 19.8 Å². The Morgan fingerprint density at radius 2 is 2.33 bits per heavy atom. The van der Waals surface area contributed by atoms with Crippen LogP contribution in [0.25, 0.3) is 0 Å². The maximum atomic E-state index is 11.2. The van der Waals surface area contributed by atoms with E-state index in [9.17, 15) is 4.79 Å². The van der Waals surface area contributed by atoms with Crippen LogP contribution < -0.4 is 0 Å². The van der Waals surface area contributed by atoms with Crippen molar-refractivity contribution in [1.29, 1.82) is 0 Å². The molecule has 3 heteroatoms. The normalized spacial score (nSPS) is 28.8. The Morgan fingerprint density at radius 1 is 1.58 bits per heavy atom. The topological polar surface area (TPSA) is 35.5 Å². The summed E-state index contributed by atoms with van der Waals surface area (Å²) in [4.78, 5) is 11.2. The van der Waals surface area contributed by atoms with Crippen molar-refractivity contribution in [3.8, 4) is 0 Å². The summed E-state index contributed by atoms with van der Waals surface area (Å²) < 4.78 is 9.94. The Hall–Kier alpha value is -0.570. The van der Waals surface area contributed by atoms with E-state index in [1.807, 2.05) is 0 Å². The quantitative estimate of drug-likeness (QED) is 0.600. The summed E-state index contributed by atoms with van der Waals surface area (Å²) in [7, 11) is 1.43. The second-order valence-corrected chi connectivity index (χ2v) is 3.22. The van der Waals surface area contributed by atoms with Crippen molar-refractivity contribution in [3.63, 3.8) is 0 Å². The van der Waals surface area contributed by atoms with Gasteiger partial charge in [-0.25, -0.2) is 0 Å².